The number of aromatic nitrogens is 1. The smallest absolute Gasteiger partial charge is 0.223 e. The maximum atomic E-state index is 13.0. The van der Waals surface area contributed by atoms with E-state index in [1.165, 1.54) is 18.3 Å². The molecule has 30 heavy (non-hydrogen) atoms. The van der Waals surface area contributed by atoms with Gasteiger partial charge in [-0.3, -0.25) is 9.59 Å². The number of thiazole rings is 1. The monoisotopic (exact) mass is 435 g/mol. The number of carbonyl (C=O) groups excluding carboxylic acids is 2. The zero-order valence-electron chi connectivity index (χ0n) is 18.3. The first-order chi connectivity index (χ1) is 14.1. The van der Waals surface area contributed by atoms with E-state index < -0.39 is 11.5 Å². The van der Waals surface area contributed by atoms with Gasteiger partial charge in [-0.05, 0) is 30.6 Å². The number of nitrogens with one attached hydrogen (secondary N) is 1. The third kappa shape index (κ3) is 3.81. The highest BCUT2D eigenvalue weighted by atomic mass is 32.1. The molecule has 3 rings (SSSR count). The van der Waals surface area contributed by atoms with Crippen LogP contribution >= 0.6 is 11.3 Å². The minimum atomic E-state index is -0.656. The summed E-state index contributed by atoms with van der Waals surface area (Å²) in [5, 5.41) is 24.3. The summed E-state index contributed by atoms with van der Waals surface area (Å²) in [5.41, 5.74) is -0.0767. The Morgan fingerprint density at radius 1 is 1.43 bits per heavy atom. The van der Waals surface area contributed by atoms with Crippen LogP contribution in [0, 0.1) is 16.7 Å². The third-order valence-electron chi connectivity index (χ3n) is 7.38. The second kappa shape index (κ2) is 8.40. The molecule has 5 unspecified atom stereocenters. The lowest BCUT2D eigenvalue weighted by atomic mass is 9.47. The van der Waals surface area contributed by atoms with Gasteiger partial charge >= 0.3 is 0 Å². The first-order valence-corrected chi connectivity index (χ1v) is 11.3. The van der Waals surface area contributed by atoms with Crippen molar-refractivity contribution in [1.82, 2.24) is 9.88 Å². The molecule has 166 valence electrons. The number of carbonyl (C=O) groups is 2. The fraction of sp³-hybridized carbons (Fsp3) is 0.682. The molecule has 3 N–H and O–H groups in total. The summed E-state index contributed by atoms with van der Waals surface area (Å²) in [6.45, 7) is 9.64. The molecular weight excluding hydrogens is 402 g/mol. The molecule has 1 aromatic rings. The van der Waals surface area contributed by atoms with E-state index >= 15 is 0 Å². The van der Waals surface area contributed by atoms with Gasteiger partial charge in [0.25, 0.3) is 0 Å². The number of hydrogen-bond acceptors (Lipinski definition) is 6. The van der Waals surface area contributed by atoms with Crippen LogP contribution in [0.25, 0.3) is 0 Å². The molecule has 1 aromatic heterocycles. The number of rotatable bonds is 6. The normalized spacial score (nSPS) is 32.7. The number of aliphatic hydroxyl groups excluding tert-OH is 2. The van der Waals surface area contributed by atoms with Crippen LogP contribution in [0.1, 0.15) is 56.5 Å². The topological polar surface area (TPSA) is 103 Å². The number of anilines is 1. The minimum Gasteiger partial charge on any atom is -0.396 e. The summed E-state index contributed by atoms with van der Waals surface area (Å²) in [5.74, 6) is -0.320. The Bertz CT molecular complexity index is 840. The Morgan fingerprint density at radius 3 is 2.73 bits per heavy atom. The van der Waals surface area contributed by atoms with Gasteiger partial charge in [-0.25, -0.2) is 4.98 Å². The van der Waals surface area contributed by atoms with Crippen molar-refractivity contribution in [3.05, 3.63) is 23.2 Å². The number of likely N-dealkylation sites (N-methyl/N-ethyl adjacent to an activating group) is 1. The second-order valence-electron chi connectivity index (χ2n) is 9.31. The molecule has 8 heteroatoms. The number of fused-ring (bicyclic) bond motifs is 2. The second-order valence-corrected chi connectivity index (χ2v) is 10.4. The molecule has 1 heterocycles. The number of hydrogen-bond donors (Lipinski definition) is 3. The molecule has 0 bridgehead atoms. The van der Waals surface area contributed by atoms with E-state index in [1.807, 2.05) is 6.92 Å². The Hall–Kier alpha value is -1.77. The van der Waals surface area contributed by atoms with E-state index in [-0.39, 0.29) is 35.7 Å². The van der Waals surface area contributed by atoms with Crippen molar-refractivity contribution in [2.45, 2.75) is 58.5 Å². The lowest BCUT2D eigenvalue weighted by Gasteiger charge is -2.58. The summed E-state index contributed by atoms with van der Waals surface area (Å²) < 4.78 is 0. The molecule has 2 aliphatic rings. The third-order valence-corrected chi connectivity index (χ3v) is 8.39. The van der Waals surface area contributed by atoms with Crippen molar-refractivity contribution < 1.29 is 19.8 Å². The predicted molar refractivity (Wildman–Crippen MR) is 117 cm³/mol. The Kier molecular flexibility index (Phi) is 6.41. The van der Waals surface area contributed by atoms with E-state index in [0.717, 1.165) is 17.0 Å². The summed E-state index contributed by atoms with van der Waals surface area (Å²) in [4.78, 5) is 32.0. The van der Waals surface area contributed by atoms with E-state index in [2.05, 4.69) is 18.8 Å². The van der Waals surface area contributed by atoms with E-state index in [0.29, 0.717) is 30.9 Å². The lowest BCUT2D eigenvalue weighted by molar-refractivity contribution is -0.146. The van der Waals surface area contributed by atoms with Crippen molar-refractivity contribution in [3.63, 3.8) is 0 Å². The average Bonchev–Trinajstić information content (AvgIpc) is 3.08. The van der Waals surface area contributed by atoms with Crippen LogP contribution in [0.15, 0.2) is 12.7 Å². The molecule has 0 spiro atoms. The molecule has 7 nitrogen and oxygen atoms in total. The van der Waals surface area contributed by atoms with Crippen molar-refractivity contribution in [2.75, 3.05) is 25.5 Å². The first kappa shape index (κ1) is 22.9. The standard InChI is InChI=1S/C22H33N3O4S/c1-6-9-25(5)18(29)10-14-19-15(30-20(24-19)23-13(2)27)11-16-21(14,3)8-7-17(28)22(16,4)12-26/h6,14,16-17,26,28H,1,7-12H2,2-5H3,(H,23,24,27). The van der Waals surface area contributed by atoms with Crippen molar-refractivity contribution in [3.8, 4) is 0 Å². The summed E-state index contributed by atoms with van der Waals surface area (Å²) in [6, 6.07) is 0. The fourth-order valence-electron chi connectivity index (χ4n) is 5.48. The van der Waals surface area contributed by atoms with Crippen molar-refractivity contribution in [2.24, 2.45) is 16.7 Å². The van der Waals surface area contributed by atoms with Gasteiger partial charge in [0.1, 0.15) is 0 Å². The van der Waals surface area contributed by atoms with Crippen LogP contribution in [-0.4, -0.2) is 58.2 Å². The zero-order chi connectivity index (χ0) is 22.3. The van der Waals surface area contributed by atoms with E-state index in [1.54, 1.807) is 18.0 Å². The largest absolute Gasteiger partial charge is 0.396 e. The van der Waals surface area contributed by atoms with Crippen molar-refractivity contribution in [1.29, 1.82) is 0 Å². The van der Waals surface area contributed by atoms with Gasteiger partial charge in [0, 0.05) is 43.1 Å². The van der Waals surface area contributed by atoms with Gasteiger partial charge in [-0.2, -0.15) is 0 Å². The number of amides is 2. The van der Waals surface area contributed by atoms with Crippen LogP contribution in [0.5, 0.6) is 0 Å². The molecular formula is C22H33N3O4S. The highest BCUT2D eigenvalue weighted by Crippen LogP contribution is 2.62. The van der Waals surface area contributed by atoms with Gasteiger partial charge in [0.05, 0.1) is 18.4 Å². The summed E-state index contributed by atoms with van der Waals surface area (Å²) >= 11 is 1.43. The average molecular weight is 436 g/mol. The highest BCUT2D eigenvalue weighted by Gasteiger charge is 2.59. The van der Waals surface area contributed by atoms with E-state index in [9.17, 15) is 19.8 Å². The van der Waals surface area contributed by atoms with Gasteiger partial charge in [0.2, 0.25) is 11.8 Å². The maximum absolute atomic E-state index is 13.0. The van der Waals surface area contributed by atoms with Gasteiger partial charge in [-0.1, -0.05) is 19.9 Å². The lowest BCUT2D eigenvalue weighted by Crippen LogP contribution is -2.57. The predicted octanol–water partition coefficient (Wildman–Crippen LogP) is 2.55. The Labute approximate surface area is 182 Å². The minimum absolute atomic E-state index is 0.000566. The van der Waals surface area contributed by atoms with E-state index in [4.69, 9.17) is 4.98 Å². The molecule has 5 atom stereocenters. The van der Waals surface area contributed by atoms with Crippen LogP contribution in [0.4, 0.5) is 5.13 Å². The molecule has 1 saturated carbocycles. The summed E-state index contributed by atoms with van der Waals surface area (Å²) in [6.07, 6.45) is 3.41. The Balaban J connectivity index is 2.07. The van der Waals surface area contributed by atoms with Crippen molar-refractivity contribution >= 4 is 28.3 Å². The number of aliphatic hydroxyl groups is 2. The van der Waals surface area contributed by atoms with Gasteiger partial charge in [-0.15, -0.1) is 17.9 Å². The first-order valence-electron chi connectivity index (χ1n) is 10.5. The molecule has 2 amide bonds. The molecule has 0 aliphatic heterocycles. The molecule has 0 aromatic carbocycles. The van der Waals surface area contributed by atoms with Gasteiger partial charge in [0.15, 0.2) is 5.13 Å². The van der Waals surface area contributed by atoms with Crippen LogP contribution in [0.3, 0.4) is 0 Å². The maximum Gasteiger partial charge on any atom is 0.223 e. The molecule has 0 saturated heterocycles. The highest BCUT2D eigenvalue weighted by molar-refractivity contribution is 7.15. The molecule has 0 radical (unpaired) electrons. The Morgan fingerprint density at radius 2 is 2.13 bits per heavy atom. The number of nitrogens with zero attached hydrogens (tertiary/aromatic N) is 2. The molecule has 1 fully saturated rings. The van der Waals surface area contributed by atoms with Crippen LogP contribution < -0.4 is 5.32 Å². The summed E-state index contributed by atoms with van der Waals surface area (Å²) in [7, 11) is 1.76. The van der Waals surface area contributed by atoms with Gasteiger partial charge < -0.3 is 20.4 Å². The van der Waals surface area contributed by atoms with Crippen LogP contribution in [-0.2, 0) is 16.0 Å². The quantitative estimate of drug-likeness (QED) is 0.596. The van der Waals surface area contributed by atoms with Crippen LogP contribution in [0.2, 0.25) is 0 Å². The SMILES string of the molecule is C=CCN(C)C(=O)CC1c2nc(NC(C)=O)sc2CC2C(C)(CO)C(O)CCC12C. The zero-order valence-corrected chi connectivity index (χ0v) is 19.1. The molecule has 2 aliphatic carbocycles. The fourth-order valence-corrected chi connectivity index (χ4v) is 6.59.